The molecule has 206 valence electrons. The molecule has 35 heavy (non-hydrogen) atoms. The van der Waals surface area contributed by atoms with E-state index in [-0.39, 0.29) is 0 Å². The number of aliphatic hydroxyl groups excluding tert-OH is 6. The third kappa shape index (κ3) is 5.70. The molecule has 0 radical (unpaired) electrons. The molecule has 3 aliphatic rings. The van der Waals surface area contributed by atoms with Crippen LogP contribution in [0.3, 0.4) is 0 Å². The molecule has 1 saturated carbocycles. The maximum atomic E-state index is 11.1. The van der Waals surface area contributed by atoms with E-state index >= 15 is 0 Å². The minimum Gasteiger partial charge on any atom is -0.394 e. The Kier molecular flexibility index (Phi) is 10.3. The monoisotopic (exact) mass is 508 g/mol. The molecule has 1 unspecified atom stereocenters. The number of rotatable bonds is 14. The lowest BCUT2D eigenvalue weighted by Crippen LogP contribution is -2.64. The first-order valence-electron chi connectivity index (χ1n) is 13.0. The third-order valence-electron chi connectivity index (χ3n) is 7.87. The molecule has 1 aliphatic carbocycles. The summed E-state index contributed by atoms with van der Waals surface area (Å²) in [7, 11) is 0. The largest absolute Gasteiger partial charge is 0.394 e. The summed E-state index contributed by atoms with van der Waals surface area (Å²) in [6.45, 7) is 0.856. The normalized spacial score (nSPS) is 45.3. The highest BCUT2D eigenvalue weighted by atomic mass is 16.7. The van der Waals surface area contributed by atoms with E-state index in [9.17, 15) is 40.9 Å². The number of hydrogen-bond donors (Lipinski definition) is 8. The molecule has 0 amide bonds. The molecule has 3 fully saturated rings. The van der Waals surface area contributed by atoms with Gasteiger partial charge in [0, 0.05) is 0 Å². The van der Waals surface area contributed by atoms with Gasteiger partial charge in [-0.3, -0.25) is 0 Å². The molecular weight excluding hydrogens is 464 g/mol. The second kappa shape index (κ2) is 12.4. The van der Waals surface area contributed by atoms with Crippen LogP contribution >= 0.6 is 0 Å². The van der Waals surface area contributed by atoms with Crippen molar-refractivity contribution in [2.24, 2.45) is 5.92 Å². The lowest BCUT2D eigenvalue weighted by molar-refractivity contribution is -0.355. The fraction of sp³-hybridized carbons (Fsp3) is 1.00. The van der Waals surface area contributed by atoms with Crippen molar-refractivity contribution in [3.8, 4) is 0 Å². The van der Waals surface area contributed by atoms with E-state index in [1.54, 1.807) is 0 Å². The Hall–Kier alpha value is -0.440. The summed E-state index contributed by atoms with van der Waals surface area (Å²) in [6, 6.07) is 0. The van der Waals surface area contributed by atoms with Crippen molar-refractivity contribution in [1.29, 1.82) is 0 Å². The van der Waals surface area contributed by atoms with Gasteiger partial charge in [0.1, 0.15) is 42.7 Å². The molecule has 8 N–H and O–H groups in total. The van der Waals surface area contributed by atoms with Crippen molar-refractivity contribution in [2.45, 2.75) is 132 Å². The number of fused-ring (bicyclic) bond motifs is 1. The molecule has 0 spiro atoms. The number of aliphatic hydroxyl groups is 8. The Morgan fingerprint density at radius 3 is 1.89 bits per heavy atom. The average molecular weight is 509 g/mol. The maximum Gasteiger partial charge on any atom is 0.204 e. The van der Waals surface area contributed by atoms with Gasteiger partial charge >= 0.3 is 0 Å². The van der Waals surface area contributed by atoms with Gasteiger partial charge in [0.2, 0.25) is 5.79 Å². The summed E-state index contributed by atoms with van der Waals surface area (Å²) >= 11 is 0. The van der Waals surface area contributed by atoms with E-state index in [0.29, 0.717) is 6.42 Å². The highest BCUT2D eigenvalue weighted by molar-refractivity contribution is 5.28. The Morgan fingerprint density at radius 2 is 1.31 bits per heavy atom. The highest BCUT2D eigenvalue weighted by Gasteiger charge is 2.85. The molecule has 11 heteroatoms. The zero-order valence-corrected chi connectivity index (χ0v) is 20.5. The first kappa shape index (κ1) is 29.1. The molecule has 0 aromatic carbocycles. The standard InChI is InChI=1S/C24H44O11/c1-2-3-4-5-6-7-8-9-10-11-16-23(31)21(30)20(15(13-26)35-24(16,23)32)34-22-19(29)18(28)17(27)14(12-25)33-22/h14-22,25-32H,2-13H2,1H3/t14-,15-,16?,17-,18+,19-,20-,21+,22-,23-,24-/m1/s1. The predicted molar refractivity (Wildman–Crippen MR) is 122 cm³/mol. The summed E-state index contributed by atoms with van der Waals surface area (Å²) in [4.78, 5) is 0. The van der Waals surface area contributed by atoms with Gasteiger partial charge in [0.25, 0.3) is 0 Å². The van der Waals surface area contributed by atoms with E-state index in [2.05, 4.69) is 6.92 Å². The number of unbranched alkanes of at least 4 members (excludes halogenated alkanes) is 8. The van der Waals surface area contributed by atoms with E-state index in [0.717, 1.165) is 25.7 Å². The van der Waals surface area contributed by atoms with Crippen molar-refractivity contribution in [2.75, 3.05) is 13.2 Å². The molecule has 0 bridgehead atoms. The number of hydrogen-bond acceptors (Lipinski definition) is 11. The van der Waals surface area contributed by atoms with Crippen LogP contribution in [-0.2, 0) is 14.2 Å². The Labute approximate surface area is 206 Å². The van der Waals surface area contributed by atoms with Gasteiger partial charge in [-0.05, 0) is 6.42 Å². The molecule has 2 aliphatic heterocycles. The summed E-state index contributed by atoms with van der Waals surface area (Å²) < 4.78 is 16.5. The van der Waals surface area contributed by atoms with E-state index in [1.165, 1.54) is 32.1 Å². The molecule has 11 atom stereocenters. The van der Waals surface area contributed by atoms with Gasteiger partial charge in [-0.2, -0.15) is 0 Å². The van der Waals surface area contributed by atoms with Crippen LogP contribution < -0.4 is 0 Å². The van der Waals surface area contributed by atoms with Gasteiger partial charge < -0.3 is 55.1 Å². The zero-order chi connectivity index (χ0) is 25.8. The van der Waals surface area contributed by atoms with Crippen molar-refractivity contribution < 1.29 is 55.1 Å². The molecule has 2 saturated heterocycles. The summed E-state index contributed by atoms with van der Waals surface area (Å²) in [5, 5.41) is 82.3. The molecule has 11 nitrogen and oxygen atoms in total. The summed E-state index contributed by atoms with van der Waals surface area (Å²) in [5.41, 5.74) is -2.03. The Morgan fingerprint density at radius 1 is 0.743 bits per heavy atom. The minimum absolute atomic E-state index is 0.408. The first-order chi connectivity index (χ1) is 16.7. The van der Waals surface area contributed by atoms with Crippen molar-refractivity contribution in [3.63, 3.8) is 0 Å². The Balaban J connectivity index is 1.55. The second-order valence-electron chi connectivity index (χ2n) is 10.3. The van der Waals surface area contributed by atoms with Crippen LogP contribution in [-0.4, -0.2) is 114 Å². The predicted octanol–water partition coefficient (Wildman–Crippen LogP) is -1.11. The van der Waals surface area contributed by atoms with Gasteiger partial charge in [-0.15, -0.1) is 0 Å². The fourth-order valence-electron chi connectivity index (χ4n) is 5.57. The zero-order valence-electron chi connectivity index (χ0n) is 20.5. The molecule has 0 aromatic rings. The van der Waals surface area contributed by atoms with Gasteiger partial charge in [0.15, 0.2) is 11.9 Å². The molecule has 2 heterocycles. The third-order valence-corrected chi connectivity index (χ3v) is 7.87. The van der Waals surface area contributed by atoms with Crippen LogP contribution in [0.25, 0.3) is 0 Å². The minimum atomic E-state index is -2.03. The first-order valence-corrected chi connectivity index (χ1v) is 13.0. The topological polar surface area (TPSA) is 190 Å². The van der Waals surface area contributed by atoms with Crippen LogP contribution in [0.15, 0.2) is 0 Å². The molecule has 3 rings (SSSR count). The van der Waals surface area contributed by atoms with E-state index in [1.807, 2.05) is 0 Å². The fourth-order valence-corrected chi connectivity index (χ4v) is 5.57. The molecule has 0 aromatic heterocycles. The maximum absolute atomic E-state index is 11.1. The quantitative estimate of drug-likeness (QED) is 0.133. The van der Waals surface area contributed by atoms with Crippen LogP contribution in [0.2, 0.25) is 0 Å². The van der Waals surface area contributed by atoms with Crippen molar-refractivity contribution >= 4 is 0 Å². The van der Waals surface area contributed by atoms with E-state index in [4.69, 9.17) is 14.2 Å². The van der Waals surface area contributed by atoms with E-state index < -0.39 is 79.5 Å². The SMILES string of the molecule is CCCCCCCCCCCC1[C@@]2(O)[C@@H](O)[C@H](O[C@H]3O[C@H](CO)[C@@H](O)[C@H](O)[C@H]3O)[C@@H](CO)O[C@]12O. The number of ether oxygens (including phenoxy) is 3. The molecular formula is C24H44O11. The van der Waals surface area contributed by atoms with Gasteiger partial charge in [-0.25, -0.2) is 0 Å². The Bertz CT molecular complexity index is 651. The smallest absolute Gasteiger partial charge is 0.204 e. The van der Waals surface area contributed by atoms with Crippen molar-refractivity contribution in [3.05, 3.63) is 0 Å². The van der Waals surface area contributed by atoms with Crippen LogP contribution in [0.5, 0.6) is 0 Å². The van der Waals surface area contributed by atoms with Crippen LogP contribution in [0.4, 0.5) is 0 Å². The van der Waals surface area contributed by atoms with Gasteiger partial charge in [-0.1, -0.05) is 64.7 Å². The summed E-state index contributed by atoms with van der Waals surface area (Å²) in [5.74, 6) is -2.82. The summed E-state index contributed by atoms with van der Waals surface area (Å²) in [6.07, 6.45) is -1.82. The highest BCUT2D eigenvalue weighted by Crippen LogP contribution is 2.63. The lowest BCUT2D eigenvalue weighted by atomic mass is 9.95. The van der Waals surface area contributed by atoms with Crippen LogP contribution in [0, 0.1) is 5.92 Å². The average Bonchev–Trinajstić information content (AvgIpc) is 3.34. The van der Waals surface area contributed by atoms with Crippen molar-refractivity contribution in [1.82, 2.24) is 0 Å². The lowest BCUT2D eigenvalue weighted by Gasteiger charge is -2.45. The van der Waals surface area contributed by atoms with Crippen LogP contribution in [0.1, 0.15) is 71.1 Å². The van der Waals surface area contributed by atoms with Gasteiger partial charge in [0.05, 0.1) is 19.1 Å². The second-order valence-corrected chi connectivity index (χ2v) is 10.3.